The first-order chi connectivity index (χ1) is 10.4. The molecule has 1 aliphatic heterocycles. The van der Waals surface area contributed by atoms with E-state index >= 15 is 0 Å². The van der Waals surface area contributed by atoms with Crippen LogP contribution in [0.3, 0.4) is 0 Å². The molecular weight excluding hydrogens is 274 g/mol. The van der Waals surface area contributed by atoms with Gasteiger partial charge in [-0.25, -0.2) is 0 Å². The average molecular weight is 303 g/mol. The summed E-state index contributed by atoms with van der Waals surface area (Å²) in [6.45, 7) is 7.82. The summed E-state index contributed by atoms with van der Waals surface area (Å²) in [7, 11) is 0. The lowest BCUT2D eigenvalue weighted by molar-refractivity contribution is -0.116. The minimum absolute atomic E-state index is 0.116. The molecule has 3 heteroatoms. The topological polar surface area (TPSA) is 40.5 Å². The van der Waals surface area contributed by atoms with E-state index < -0.39 is 0 Å². The Morgan fingerprint density at radius 3 is 2.82 bits per heavy atom. The van der Waals surface area contributed by atoms with Crippen LogP contribution in [-0.2, 0) is 4.79 Å². The smallest absolute Gasteiger partial charge is 0.213 e. The summed E-state index contributed by atoms with van der Waals surface area (Å²) in [6.07, 6.45) is 8.98. The van der Waals surface area contributed by atoms with E-state index in [-0.39, 0.29) is 16.9 Å². The van der Waals surface area contributed by atoms with Crippen molar-refractivity contribution in [1.82, 2.24) is 4.90 Å². The third-order valence-electron chi connectivity index (χ3n) is 8.01. The van der Waals surface area contributed by atoms with Gasteiger partial charge in [-0.1, -0.05) is 26.8 Å². The average Bonchev–Trinajstić information content (AvgIpc) is 2.95. The van der Waals surface area contributed by atoms with Crippen LogP contribution in [0.15, 0.2) is 11.8 Å². The van der Waals surface area contributed by atoms with Gasteiger partial charge in [-0.2, -0.15) is 0 Å². The minimum atomic E-state index is -0.133. The fourth-order valence-electron chi connectivity index (χ4n) is 6.76. The molecule has 7 unspecified atom stereocenters. The van der Waals surface area contributed by atoms with Crippen molar-refractivity contribution in [3.63, 3.8) is 0 Å². The summed E-state index contributed by atoms with van der Waals surface area (Å²) in [5.74, 6) is 2.46. The van der Waals surface area contributed by atoms with Gasteiger partial charge >= 0.3 is 0 Å². The maximum atomic E-state index is 11.3. The van der Waals surface area contributed by atoms with Crippen LogP contribution in [0, 0.1) is 34.5 Å². The third-order valence-corrected chi connectivity index (χ3v) is 8.01. The predicted octanol–water partition coefficient (Wildman–Crippen LogP) is 3.19. The van der Waals surface area contributed by atoms with E-state index in [1.807, 2.05) is 4.90 Å². The first kappa shape index (κ1) is 14.7. The molecule has 1 heterocycles. The van der Waals surface area contributed by atoms with Crippen LogP contribution in [0.4, 0.5) is 0 Å². The SMILES string of the molecule is CC1CC2C3CC=C4N(C=O)CCC4(C)C3CCC2(C)C1O. The van der Waals surface area contributed by atoms with Gasteiger partial charge in [-0.3, -0.25) is 4.79 Å². The number of aliphatic hydroxyl groups excluding tert-OH is 1. The van der Waals surface area contributed by atoms with Crippen molar-refractivity contribution in [3.05, 3.63) is 11.8 Å². The zero-order chi connectivity index (χ0) is 15.7. The lowest BCUT2D eigenvalue weighted by Crippen LogP contribution is -2.49. The Morgan fingerprint density at radius 2 is 2.09 bits per heavy atom. The Hall–Kier alpha value is -0.830. The molecule has 0 aromatic carbocycles. The highest BCUT2D eigenvalue weighted by molar-refractivity contribution is 5.54. The largest absolute Gasteiger partial charge is 0.392 e. The van der Waals surface area contributed by atoms with Gasteiger partial charge in [0.2, 0.25) is 6.41 Å². The molecule has 0 aromatic heterocycles. The van der Waals surface area contributed by atoms with Gasteiger partial charge in [0.05, 0.1) is 6.10 Å². The van der Waals surface area contributed by atoms with E-state index in [0.29, 0.717) is 23.7 Å². The van der Waals surface area contributed by atoms with Gasteiger partial charge in [-0.05, 0) is 61.2 Å². The van der Waals surface area contributed by atoms with Gasteiger partial charge in [0.1, 0.15) is 0 Å². The zero-order valence-electron chi connectivity index (χ0n) is 14.1. The molecule has 1 saturated heterocycles. The van der Waals surface area contributed by atoms with Crippen molar-refractivity contribution in [2.75, 3.05) is 6.54 Å². The predicted molar refractivity (Wildman–Crippen MR) is 85.8 cm³/mol. The Labute approximate surface area is 133 Å². The van der Waals surface area contributed by atoms with E-state index in [4.69, 9.17) is 0 Å². The quantitative estimate of drug-likeness (QED) is 0.756. The molecule has 0 radical (unpaired) electrons. The van der Waals surface area contributed by atoms with Crippen molar-refractivity contribution in [3.8, 4) is 0 Å². The van der Waals surface area contributed by atoms with E-state index in [1.54, 1.807) is 0 Å². The van der Waals surface area contributed by atoms with Crippen LogP contribution in [0.1, 0.15) is 52.9 Å². The summed E-state index contributed by atoms with van der Waals surface area (Å²) in [5, 5.41) is 10.7. The molecule has 7 atom stereocenters. The first-order valence-electron chi connectivity index (χ1n) is 9.02. The lowest BCUT2D eigenvalue weighted by Gasteiger charge is -2.54. The monoisotopic (exact) mass is 303 g/mol. The first-order valence-corrected chi connectivity index (χ1v) is 9.02. The van der Waals surface area contributed by atoms with E-state index in [0.717, 1.165) is 32.2 Å². The fourth-order valence-corrected chi connectivity index (χ4v) is 6.76. The number of carbonyl (C=O) groups is 1. The molecule has 0 bridgehead atoms. The number of carbonyl (C=O) groups excluding carboxylic acids is 1. The molecule has 122 valence electrons. The van der Waals surface area contributed by atoms with Crippen LogP contribution < -0.4 is 0 Å². The van der Waals surface area contributed by atoms with Crippen LogP contribution in [0.5, 0.6) is 0 Å². The Morgan fingerprint density at radius 1 is 1.32 bits per heavy atom. The molecule has 22 heavy (non-hydrogen) atoms. The summed E-state index contributed by atoms with van der Waals surface area (Å²) in [4.78, 5) is 13.3. The highest BCUT2D eigenvalue weighted by Gasteiger charge is 2.60. The van der Waals surface area contributed by atoms with Crippen LogP contribution in [0.25, 0.3) is 0 Å². The number of amides is 1. The maximum absolute atomic E-state index is 11.3. The molecule has 3 aliphatic carbocycles. The van der Waals surface area contributed by atoms with Crippen LogP contribution >= 0.6 is 0 Å². The van der Waals surface area contributed by atoms with Crippen molar-refractivity contribution in [2.45, 2.75) is 59.0 Å². The molecule has 3 fully saturated rings. The molecule has 3 nitrogen and oxygen atoms in total. The molecular formula is C19H29NO2. The maximum Gasteiger partial charge on any atom is 0.213 e. The summed E-state index contributed by atoms with van der Waals surface area (Å²) < 4.78 is 0. The highest BCUT2D eigenvalue weighted by atomic mass is 16.3. The Kier molecular flexibility index (Phi) is 3.08. The molecule has 4 rings (SSSR count). The second-order valence-corrected chi connectivity index (χ2v) is 8.87. The molecule has 4 aliphatic rings. The van der Waals surface area contributed by atoms with Gasteiger partial charge in [0.25, 0.3) is 0 Å². The number of allylic oxidation sites excluding steroid dienone is 2. The molecule has 1 amide bonds. The zero-order valence-corrected chi connectivity index (χ0v) is 14.1. The molecule has 1 N–H and O–H groups in total. The number of aliphatic hydroxyl groups is 1. The number of hydrogen-bond donors (Lipinski definition) is 1. The molecule has 0 spiro atoms. The van der Waals surface area contributed by atoms with Gasteiger partial charge in [0.15, 0.2) is 0 Å². The van der Waals surface area contributed by atoms with Gasteiger partial charge in [0, 0.05) is 17.7 Å². The van der Waals surface area contributed by atoms with E-state index in [1.165, 1.54) is 18.5 Å². The highest BCUT2D eigenvalue weighted by Crippen LogP contribution is 2.65. The van der Waals surface area contributed by atoms with Crippen LogP contribution in [-0.4, -0.2) is 29.1 Å². The normalized spacial score (nSPS) is 53.5. The van der Waals surface area contributed by atoms with Crippen LogP contribution in [0.2, 0.25) is 0 Å². The summed E-state index contributed by atoms with van der Waals surface area (Å²) >= 11 is 0. The minimum Gasteiger partial charge on any atom is -0.392 e. The Bertz CT molecular complexity index is 530. The standard InChI is InChI=1S/C19H29NO2/c1-12-10-15-13-4-5-16-18(2,8-9-20(16)11-21)14(13)6-7-19(15,3)17(12)22/h5,11-15,17,22H,4,6-10H2,1-3H3. The number of rotatable bonds is 1. The summed E-state index contributed by atoms with van der Waals surface area (Å²) in [6, 6.07) is 0. The van der Waals surface area contributed by atoms with Crippen molar-refractivity contribution >= 4 is 6.41 Å². The van der Waals surface area contributed by atoms with Crippen molar-refractivity contribution in [2.24, 2.45) is 34.5 Å². The van der Waals surface area contributed by atoms with Gasteiger partial charge in [-0.15, -0.1) is 0 Å². The van der Waals surface area contributed by atoms with Crippen molar-refractivity contribution < 1.29 is 9.90 Å². The molecule has 0 aromatic rings. The lowest BCUT2D eigenvalue weighted by atomic mass is 9.51. The second-order valence-electron chi connectivity index (χ2n) is 8.87. The van der Waals surface area contributed by atoms with Crippen molar-refractivity contribution in [1.29, 1.82) is 0 Å². The summed E-state index contributed by atoms with van der Waals surface area (Å²) in [5.41, 5.74) is 1.59. The fraction of sp³-hybridized carbons (Fsp3) is 0.842. The number of fused-ring (bicyclic) bond motifs is 5. The number of nitrogens with zero attached hydrogens (tertiary/aromatic N) is 1. The number of likely N-dealkylation sites (tertiary alicyclic amines) is 1. The van der Waals surface area contributed by atoms with Gasteiger partial charge < -0.3 is 10.0 Å². The van der Waals surface area contributed by atoms with E-state index in [9.17, 15) is 9.90 Å². The molecule has 2 saturated carbocycles. The second kappa shape index (κ2) is 4.59. The number of hydrogen-bond acceptors (Lipinski definition) is 2. The van der Waals surface area contributed by atoms with E-state index in [2.05, 4.69) is 26.8 Å². The third kappa shape index (κ3) is 1.64. The Balaban J connectivity index is 1.70.